The minimum Gasteiger partial charge on any atom is -0.508 e. The summed E-state index contributed by atoms with van der Waals surface area (Å²) in [6.07, 6.45) is 2.33. The highest BCUT2D eigenvalue weighted by Gasteiger charge is 2.25. The number of thiophene rings is 1. The minimum atomic E-state index is -0.626. The number of fused-ring (bicyclic) bond motifs is 1. The summed E-state index contributed by atoms with van der Waals surface area (Å²) < 4.78 is 39.4. The highest BCUT2D eigenvalue weighted by Crippen LogP contribution is 2.43. The van der Waals surface area contributed by atoms with Crippen LogP contribution < -0.4 is 4.74 Å². The van der Waals surface area contributed by atoms with Crippen molar-refractivity contribution in [2.24, 2.45) is 0 Å². The van der Waals surface area contributed by atoms with Crippen molar-refractivity contribution in [3.63, 3.8) is 0 Å². The van der Waals surface area contributed by atoms with Crippen LogP contribution in [-0.2, 0) is 9.53 Å². The predicted octanol–water partition coefficient (Wildman–Crippen LogP) is 6.67. The van der Waals surface area contributed by atoms with Crippen LogP contribution in [-0.4, -0.2) is 17.4 Å². The maximum Gasteiger partial charge on any atom is 0.297 e. The van der Waals surface area contributed by atoms with Crippen molar-refractivity contribution in [1.82, 2.24) is 0 Å². The zero-order valence-electron chi connectivity index (χ0n) is 18.1. The highest BCUT2D eigenvalue weighted by molar-refractivity contribution is 7.21. The first kappa shape index (κ1) is 23.1. The monoisotopic (exact) mass is 480 g/mol. The van der Waals surface area contributed by atoms with Crippen LogP contribution in [0.4, 0.5) is 8.78 Å². The Hall–Kier alpha value is -4.04. The van der Waals surface area contributed by atoms with E-state index in [1.807, 2.05) is 0 Å². The van der Waals surface area contributed by atoms with E-state index in [1.165, 1.54) is 42.5 Å². The van der Waals surface area contributed by atoms with E-state index in [1.54, 1.807) is 19.9 Å². The van der Waals surface area contributed by atoms with Gasteiger partial charge < -0.3 is 14.6 Å². The molecule has 0 saturated carbocycles. The first-order valence-electron chi connectivity index (χ1n) is 10.1. The number of halogens is 2. The number of carbonyl (C=O) groups is 2. The maximum atomic E-state index is 14.5. The first-order valence-corrected chi connectivity index (χ1v) is 10.9. The summed E-state index contributed by atoms with van der Waals surface area (Å²) in [6, 6.07) is 11.3. The molecule has 0 fully saturated rings. The number of phenolic OH excluding ortho intramolecular Hbond substituents is 1. The first-order chi connectivity index (χ1) is 16.3. The molecular weight excluding hydrogens is 462 g/mol. The predicted molar refractivity (Wildman–Crippen MR) is 125 cm³/mol. The molecule has 0 bridgehead atoms. The maximum absolute atomic E-state index is 14.5. The molecule has 5 nitrogen and oxygen atoms in total. The molecule has 0 aliphatic heterocycles. The molecule has 0 aliphatic rings. The molecule has 172 valence electrons. The molecule has 0 atom stereocenters. The Bertz CT molecular complexity index is 1430. The van der Waals surface area contributed by atoms with E-state index in [0.29, 0.717) is 26.8 Å². The minimum absolute atomic E-state index is 0.0215. The van der Waals surface area contributed by atoms with Gasteiger partial charge in [0, 0.05) is 27.3 Å². The number of ether oxygens (including phenoxy) is 2. The van der Waals surface area contributed by atoms with E-state index >= 15 is 0 Å². The molecule has 0 aliphatic carbocycles. The van der Waals surface area contributed by atoms with Gasteiger partial charge >= 0.3 is 0 Å². The van der Waals surface area contributed by atoms with Crippen molar-refractivity contribution < 1.29 is 33.0 Å². The van der Waals surface area contributed by atoms with Crippen LogP contribution >= 0.6 is 11.3 Å². The SMILES string of the molecule is Cc1cc(F)cc(C)c1C(=O)c1sc2cc(O)ccc2c1Oc1ccc(/C=C/OC=O)c(F)c1. The standard InChI is InChI=1S/C26H18F2O5S/c1-14-9-17(27)10-15(2)23(14)24(31)26-25(20-6-4-18(30)11-22(20)34-26)33-19-5-3-16(21(28)12-19)7-8-32-13-29/h3-13,30H,1-2H3/b8-7+. The number of carbonyl (C=O) groups excluding carboxylic acids is 2. The van der Waals surface area contributed by atoms with E-state index < -0.39 is 11.6 Å². The molecule has 4 rings (SSSR count). The van der Waals surface area contributed by atoms with Gasteiger partial charge in [-0.1, -0.05) is 0 Å². The van der Waals surface area contributed by atoms with E-state index in [9.17, 15) is 23.5 Å². The molecule has 1 aromatic heterocycles. The quantitative estimate of drug-likeness (QED) is 0.182. The smallest absolute Gasteiger partial charge is 0.297 e. The Balaban J connectivity index is 1.80. The molecule has 0 unspecified atom stereocenters. The molecule has 0 spiro atoms. The second-order valence-electron chi connectivity index (χ2n) is 7.50. The third-order valence-corrected chi connectivity index (χ3v) is 6.26. The lowest BCUT2D eigenvalue weighted by molar-refractivity contribution is -0.123. The largest absolute Gasteiger partial charge is 0.508 e. The van der Waals surface area contributed by atoms with Crippen molar-refractivity contribution in [2.45, 2.75) is 13.8 Å². The van der Waals surface area contributed by atoms with Crippen molar-refractivity contribution in [3.8, 4) is 17.2 Å². The zero-order valence-corrected chi connectivity index (χ0v) is 18.9. The fourth-order valence-electron chi connectivity index (χ4n) is 3.66. The third kappa shape index (κ3) is 4.53. The Morgan fingerprint density at radius 2 is 1.76 bits per heavy atom. The van der Waals surface area contributed by atoms with Crippen molar-refractivity contribution >= 4 is 39.8 Å². The van der Waals surface area contributed by atoms with Gasteiger partial charge in [0.2, 0.25) is 5.78 Å². The van der Waals surface area contributed by atoms with Crippen LogP contribution in [0.15, 0.2) is 54.8 Å². The van der Waals surface area contributed by atoms with Gasteiger partial charge in [0.15, 0.2) is 5.75 Å². The Morgan fingerprint density at radius 3 is 2.44 bits per heavy atom. The summed E-state index contributed by atoms with van der Waals surface area (Å²) in [5, 5.41) is 10.5. The second kappa shape index (κ2) is 9.44. The molecule has 0 saturated heterocycles. The number of phenols is 1. The zero-order chi connectivity index (χ0) is 24.4. The lowest BCUT2D eigenvalue weighted by Gasteiger charge is -2.11. The van der Waals surface area contributed by atoms with Gasteiger partial charge in [-0.05, 0) is 73.5 Å². The summed E-state index contributed by atoms with van der Waals surface area (Å²) in [7, 11) is 0. The van der Waals surface area contributed by atoms with E-state index in [2.05, 4.69) is 4.74 Å². The fraction of sp³-hybridized carbons (Fsp3) is 0.0769. The van der Waals surface area contributed by atoms with E-state index in [-0.39, 0.29) is 39.9 Å². The fourth-order valence-corrected chi connectivity index (χ4v) is 4.77. The van der Waals surface area contributed by atoms with Crippen LogP contribution in [0.1, 0.15) is 31.9 Å². The van der Waals surface area contributed by atoms with Crippen LogP contribution in [0.3, 0.4) is 0 Å². The van der Waals surface area contributed by atoms with Crippen LogP contribution in [0.25, 0.3) is 16.2 Å². The average molecular weight is 480 g/mol. The van der Waals surface area contributed by atoms with E-state index in [0.717, 1.165) is 23.7 Å². The van der Waals surface area contributed by atoms with Crippen LogP contribution in [0, 0.1) is 25.5 Å². The van der Waals surface area contributed by atoms with Crippen molar-refractivity contribution in [1.29, 1.82) is 0 Å². The van der Waals surface area contributed by atoms with Gasteiger partial charge in [0.05, 0.1) is 6.26 Å². The number of benzene rings is 3. The van der Waals surface area contributed by atoms with Crippen LogP contribution in [0.2, 0.25) is 0 Å². The van der Waals surface area contributed by atoms with Gasteiger partial charge in [-0.25, -0.2) is 8.78 Å². The molecule has 3 aromatic carbocycles. The van der Waals surface area contributed by atoms with Gasteiger partial charge in [0.25, 0.3) is 6.47 Å². The number of ketones is 1. The van der Waals surface area contributed by atoms with Crippen molar-refractivity contribution in [2.75, 3.05) is 0 Å². The number of rotatable bonds is 7. The summed E-state index contributed by atoms with van der Waals surface area (Å²) in [4.78, 5) is 24.0. The molecule has 0 amide bonds. The van der Waals surface area contributed by atoms with Gasteiger partial charge in [0.1, 0.15) is 28.0 Å². The number of aryl methyl sites for hydroxylation is 2. The van der Waals surface area contributed by atoms with E-state index in [4.69, 9.17) is 4.74 Å². The normalized spacial score (nSPS) is 11.2. The molecule has 1 heterocycles. The van der Waals surface area contributed by atoms with Gasteiger partial charge in [-0.3, -0.25) is 9.59 Å². The Kier molecular flexibility index (Phi) is 6.43. The lowest BCUT2D eigenvalue weighted by atomic mass is 9.97. The number of hydrogen-bond acceptors (Lipinski definition) is 6. The second-order valence-corrected chi connectivity index (χ2v) is 8.56. The topological polar surface area (TPSA) is 72.8 Å². The molecule has 8 heteroatoms. The molecule has 1 N–H and O–H groups in total. The summed E-state index contributed by atoms with van der Waals surface area (Å²) in [5.41, 5.74) is 1.48. The summed E-state index contributed by atoms with van der Waals surface area (Å²) >= 11 is 1.12. The molecule has 4 aromatic rings. The van der Waals surface area contributed by atoms with Gasteiger partial charge in [-0.2, -0.15) is 0 Å². The molecule has 0 radical (unpaired) electrons. The Morgan fingerprint density at radius 1 is 1.03 bits per heavy atom. The number of hydrogen-bond donors (Lipinski definition) is 1. The average Bonchev–Trinajstić information content (AvgIpc) is 3.12. The molecular formula is C26H18F2O5S. The highest BCUT2D eigenvalue weighted by atomic mass is 32.1. The van der Waals surface area contributed by atoms with Crippen molar-refractivity contribution in [3.05, 3.63) is 93.6 Å². The lowest BCUT2D eigenvalue weighted by Crippen LogP contribution is -2.06. The summed E-state index contributed by atoms with van der Waals surface area (Å²) in [5.74, 6) is -1.06. The van der Waals surface area contributed by atoms with Gasteiger partial charge in [-0.15, -0.1) is 11.3 Å². The third-order valence-electron chi connectivity index (χ3n) is 5.13. The van der Waals surface area contributed by atoms with Crippen LogP contribution in [0.5, 0.6) is 17.2 Å². The Labute approximate surface area is 197 Å². The molecule has 34 heavy (non-hydrogen) atoms. The summed E-state index contributed by atoms with van der Waals surface area (Å²) in [6.45, 7) is 3.52. The number of aromatic hydroxyl groups is 1.